The van der Waals surface area contributed by atoms with E-state index in [0.29, 0.717) is 12.2 Å². The molecule has 0 bridgehead atoms. The second kappa shape index (κ2) is 4.67. The summed E-state index contributed by atoms with van der Waals surface area (Å²) in [6.45, 7) is 2.05. The lowest BCUT2D eigenvalue weighted by Gasteiger charge is -2.30. The van der Waals surface area contributed by atoms with Gasteiger partial charge in [0.05, 0.1) is 0 Å². The van der Waals surface area contributed by atoms with E-state index in [1.165, 1.54) is 17.7 Å². The minimum atomic E-state index is -0.272. The largest absolute Gasteiger partial charge is 0.485 e. The summed E-state index contributed by atoms with van der Waals surface area (Å²) >= 11 is 0. The molecule has 2 aromatic carbocycles. The lowest BCUT2D eigenvalue weighted by atomic mass is 9.93. The Morgan fingerprint density at radius 3 is 2.63 bits per heavy atom. The number of halogens is 1. The molecular weight excluding hydrogens is 241 g/mol. The van der Waals surface area contributed by atoms with Crippen LogP contribution < -0.4 is 10.5 Å². The van der Waals surface area contributed by atoms with Gasteiger partial charge in [0, 0.05) is 18.0 Å². The van der Waals surface area contributed by atoms with Crippen LogP contribution in [0.2, 0.25) is 0 Å². The van der Waals surface area contributed by atoms with Crippen molar-refractivity contribution in [3.63, 3.8) is 0 Å². The molecule has 98 valence electrons. The van der Waals surface area contributed by atoms with Gasteiger partial charge in [-0.1, -0.05) is 29.8 Å². The molecule has 2 atom stereocenters. The molecule has 0 aromatic heterocycles. The summed E-state index contributed by atoms with van der Waals surface area (Å²) in [4.78, 5) is 0. The topological polar surface area (TPSA) is 35.2 Å². The first kappa shape index (κ1) is 12.2. The molecule has 0 radical (unpaired) electrons. The van der Waals surface area contributed by atoms with E-state index >= 15 is 0 Å². The molecule has 3 rings (SSSR count). The first-order valence-electron chi connectivity index (χ1n) is 6.42. The SMILES string of the molecule is Cc1ccc(C2CC(N)c3cc(F)ccc3O2)cc1. The summed E-state index contributed by atoms with van der Waals surface area (Å²) in [5, 5.41) is 0. The maximum absolute atomic E-state index is 13.2. The van der Waals surface area contributed by atoms with Crippen molar-refractivity contribution in [2.75, 3.05) is 0 Å². The van der Waals surface area contributed by atoms with E-state index in [1.54, 1.807) is 6.07 Å². The molecule has 3 heteroatoms. The molecule has 19 heavy (non-hydrogen) atoms. The highest BCUT2D eigenvalue weighted by atomic mass is 19.1. The maximum atomic E-state index is 13.2. The van der Waals surface area contributed by atoms with Crippen LogP contribution in [0.15, 0.2) is 42.5 Å². The van der Waals surface area contributed by atoms with Crippen LogP contribution in [0, 0.1) is 12.7 Å². The van der Waals surface area contributed by atoms with Gasteiger partial charge in [-0.2, -0.15) is 0 Å². The molecule has 1 heterocycles. The molecule has 0 spiro atoms. The van der Waals surface area contributed by atoms with E-state index in [2.05, 4.69) is 31.2 Å². The van der Waals surface area contributed by atoms with Crippen molar-refractivity contribution < 1.29 is 9.13 Å². The normalized spacial score (nSPS) is 21.6. The van der Waals surface area contributed by atoms with Gasteiger partial charge in [-0.15, -0.1) is 0 Å². The molecule has 2 aromatic rings. The van der Waals surface area contributed by atoms with Gasteiger partial charge in [0.15, 0.2) is 0 Å². The van der Waals surface area contributed by atoms with Crippen LogP contribution in [0.3, 0.4) is 0 Å². The highest BCUT2D eigenvalue weighted by Crippen LogP contribution is 2.39. The van der Waals surface area contributed by atoms with Crippen LogP contribution in [-0.2, 0) is 0 Å². The number of benzene rings is 2. The van der Waals surface area contributed by atoms with Crippen LogP contribution in [0.4, 0.5) is 4.39 Å². The Kier molecular flexibility index (Phi) is 2.99. The number of hydrogen-bond donors (Lipinski definition) is 1. The monoisotopic (exact) mass is 257 g/mol. The van der Waals surface area contributed by atoms with E-state index in [4.69, 9.17) is 10.5 Å². The highest BCUT2D eigenvalue weighted by molar-refractivity contribution is 5.39. The zero-order chi connectivity index (χ0) is 13.4. The van der Waals surface area contributed by atoms with Gasteiger partial charge < -0.3 is 10.5 Å². The Labute approximate surface area is 112 Å². The van der Waals surface area contributed by atoms with Gasteiger partial charge in [-0.05, 0) is 30.7 Å². The Bertz CT molecular complexity index is 594. The van der Waals surface area contributed by atoms with Crippen molar-refractivity contribution >= 4 is 0 Å². The summed E-state index contributed by atoms with van der Waals surface area (Å²) < 4.78 is 19.2. The molecule has 1 aliphatic rings. The molecule has 2 nitrogen and oxygen atoms in total. The van der Waals surface area contributed by atoms with Gasteiger partial charge in [0.25, 0.3) is 0 Å². The molecule has 0 saturated heterocycles. The molecule has 0 fully saturated rings. The molecular formula is C16H16FNO. The van der Waals surface area contributed by atoms with Crippen LogP contribution in [0.1, 0.15) is 35.3 Å². The van der Waals surface area contributed by atoms with Gasteiger partial charge in [0.1, 0.15) is 17.7 Å². The molecule has 0 saturated carbocycles. The summed E-state index contributed by atoms with van der Waals surface area (Å²) in [7, 11) is 0. The number of rotatable bonds is 1. The Hall–Kier alpha value is -1.87. The molecule has 0 aliphatic carbocycles. The van der Waals surface area contributed by atoms with Crippen LogP contribution >= 0.6 is 0 Å². The van der Waals surface area contributed by atoms with Crippen molar-refractivity contribution in [1.29, 1.82) is 0 Å². The van der Waals surface area contributed by atoms with Crippen LogP contribution in [0.25, 0.3) is 0 Å². The van der Waals surface area contributed by atoms with Gasteiger partial charge in [-0.3, -0.25) is 0 Å². The second-order valence-electron chi connectivity index (χ2n) is 5.04. The third-order valence-corrected chi connectivity index (χ3v) is 3.56. The van der Waals surface area contributed by atoms with E-state index in [9.17, 15) is 4.39 Å². The summed E-state index contributed by atoms with van der Waals surface area (Å²) in [6.07, 6.45) is 0.605. The lowest BCUT2D eigenvalue weighted by Crippen LogP contribution is -2.24. The fourth-order valence-corrected chi connectivity index (χ4v) is 2.46. The number of nitrogens with two attached hydrogens (primary N) is 1. The van der Waals surface area contributed by atoms with Crippen LogP contribution in [-0.4, -0.2) is 0 Å². The van der Waals surface area contributed by atoms with Crippen molar-refractivity contribution in [2.45, 2.75) is 25.5 Å². The van der Waals surface area contributed by atoms with Crippen molar-refractivity contribution in [1.82, 2.24) is 0 Å². The predicted octanol–water partition coefficient (Wildman–Crippen LogP) is 3.66. The first-order valence-corrected chi connectivity index (χ1v) is 6.42. The standard InChI is InChI=1S/C16H16FNO/c1-10-2-4-11(5-3-10)16-9-14(18)13-8-12(17)6-7-15(13)19-16/h2-8,14,16H,9,18H2,1H3. The fourth-order valence-electron chi connectivity index (χ4n) is 2.46. The van der Waals surface area contributed by atoms with Gasteiger partial charge in [-0.25, -0.2) is 4.39 Å². The van der Waals surface area contributed by atoms with E-state index in [-0.39, 0.29) is 18.0 Å². The lowest BCUT2D eigenvalue weighted by molar-refractivity contribution is 0.161. The molecule has 1 aliphatic heterocycles. The third kappa shape index (κ3) is 2.34. The number of aryl methyl sites for hydroxylation is 1. The Balaban J connectivity index is 1.92. The maximum Gasteiger partial charge on any atom is 0.126 e. The second-order valence-corrected chi connectivity index (χ2v) is 5.04. The summed E-state index contributed by atoms with van der Waals surface area (Å²) in [5.74, 6) is 0.414. The number of ether oxygens (including phenoxy) is 1. The molecule has 0 amide bonds. The highest BCUT2D eigenvalue weighted by Gasteiger charge is 2.27. The summed E-state index contributed by atoms with van der Waals surface area (Å²) in [6, 6.07) is 12.6. The fraction of sp³-hybridized carbons (Fsp3) is 0.250. The zero-order valence-corrected chi connectivity index (χ0v) is 10.8. The predicted molar refractivity (Wildman–Crippen MR) is 72.5 cm³/mol. The van der Waals surface area contributed by atoms with Crippen molar-refractivity contribution in [3.8, 4) is 5.75 Å². The smallest absolute Gasteiger partial charge is 0.126 e. The quantitative estimate of drug-likeness (QED) is 0.846. The zero-order valence-electron chi connectivity index (χ0n) is 10.8. The van der Waals surface area contributed by atoms with Crippen molar-refractivity contribution in [2.24, 2.45) is 5.73 Å². The average molecular weight is 257 g/mol. The van der Waals surface area contributed by atoms with Crippen LogP contribution in [0.5, 0.6) is 5.75 Å². The van der Waals surface area contributed by atoms with E-state index in [1.807, 2.05) is 0 Å². The molecule has 2 N–H and O–H groups in total. The Morgan fingerprint density at radius 2 is 1.89 bits per heavy atom. The van der Waals surface area contributed by atoms with E-state index < -0.39 is 0 Å². The van der Waals surface area contributed by atoms with Gasteiger partial charge in [0.2, 0.25) is 0 Å². The molecule has 2 unspecified atom stereocenters. The number of hydrogen-bond acceptors (Lipinski definition) is 2. The third-order valence-electron chi connectivity index (χ3n) is 3.56. The first-order chi connectivity index (χ1) is 9.13. The average Bonchev–Trinajstić information content (AvgIpc) is 2.40. The number of fused-ring (bicyclic) bond motifs is 1. The minimum absolute atomic E-state index is 0.0615. The van der Waals surface area contributed by atoms with E-state index in [0.717, 1.165) is 11.1 Å². The van der Waals surface area contributed by atoms with Crippen molar-refractivity contribution in [3.05, 3.63) is 65.0 Å². The van der Waals surface area contributed by atoms with Gasteiger partial charge >= 0.3 is 0 Å². The Morgan fingerprint density at radius 1 is 1.16 bits per heavy atom. The summed E-state index contributed by atoms with van der Waals surface area (Å²) in [5.41, 5.74) is 9.20. The minimum Gasteiger partial charge on any atom is -0.485 e.